The van der Waals surface area contributed by atoms with Crippen LogP contribution in [-0.4, -0.2) is 24.7 Å². The first-order valence-electron chi connectivity index (χ1n) is 7.57. The van der Waals surface area contributed by atoms with Crippen LogP contribution in [0.4, 0.5) is 0 Å². The normalized spacial score (nSPS) is 12.1. The number of nitrogens with zero attached hydrogens (tertiary/aromatic N) is 1. The number of methoxy groups -OCH3 is 1. The van der Waals surface area contributed by atoms with E-state index in [2.05, 4.69) is 35.4 Å². The van der Waals surface area contributed by atoms with Crippen molar-refractivity contribution in [1.82, 2.24) is 10.3 Å². The first kappa shape index (κ1) is 15.5. The Labute approximate surface area is 127 Å². The molecule has 0 amide bonds. The minimum absolute atomic E-state index is 0.394. The smallest absolute Gasteiger partial charge is 0.122 e. The minimum Gasteiger partial charge on any atom is -0.496 e. The van der Waals surface area contributed by atoms with Gasteiger partial charge in [-0.2, -0.15) is 0 Å². The Kier molecular flexibility index (Phi) is 6.22. The molecule has 0 bridgehead atoms. The van der Waals surface area contributed by atoms with Gasteiger partial charge in [-0.05, 0) is 49.1 Å². The quantitative estimate of drug-likeness (QED) is 0.808. The highest BCUT2D eigenvalue weighted by Crippen LogP contribution is 2.20. The van der Waals surface area contributed by atoms with Gasteiger partial charge in [-0.15, -0.1) is 0 Å². The number of aromatic nitrogens is 1. The predicted octanol–water partition coefficient (Wildman–Crippen LogP) is 3.24. The summed E-state index contributed by atoms with van der Waals surface area (Å²) >= 11 is 0. The Morgan fingerprint density at radius 3 is 2.71 bits per heavy atom. The Morgan fingerprint density at radius 2 is 2.00 bits per heavy atom. The van der Waals surface area contributed by atoms with Gasteiger partial charge >= 0.3 is 0 Å². The summed E-state index contributed by atoms with van der Waals surface area (Å²) in [6, 6.07) is 12.8. The average molecular weight is 284 g/mol. The van der Waals surface area contributed by atoms with Gasteiger partial charge in [0.25, 0.3) is 0 Å². The summed E-state index contributed by atoms with van der Waals surface area (Å²) in [5, 5.41) is 3.63. The van der Waals surface area contributed by atoms with Crippen LogP contribution in [0.2, 0.25) is 0 Å². The molecule has 1 N–H and O–H groups in total. The summed E-state index contributed by atoms with van der Waals surface area (Å²) in [5.41, 5.74) is 2.51. The van der Waals surface area contributed by atoms with Crippen LogP contribution < -0.4 is 10.1 Å². The standard InChI is InChI=1S/C18H24N2O/c1-3-10-20-17(12-15-7-6-11-19-14-15)13-16-8-4-5-9-18(16)21-2/h4-9,11,14,17,20H,3,10,12-13H2,1-2H3. The lowest BCUT2D eigenvalue weighted by molar-refractivity contribution is 0.404. The second-order valence-electron chi connectivity index (χ2n) is 5.23. The zero-order valence-electron chi connectivity index (χ0n) is 12.9. The molecule has 3 nitrogen and oxygen atoms in total. The fourth-order valence-electron chi connectivity index (χ4n) is 2.51. The first-order valence-corrected chi connectivity index (χ1v) is 7.57. The van der Waals surface area contributed by atoms with E-state index in [1.54, 1.807) is 7.11 Å². The zero-order valence-corrected chi connectivity index (χ0v) is 12.9. The summed E-state index contributed by atoms with van der Waals surface area (Å²) in [6.07, 6.45) is 6.83. The fraction of sp³-hybridized carbons (Fsp3) is 0.389. The van der Waals surface area contributed by atoms with Gasteiger partial charge in [0.05, 0.1) is 7.11 Å². The number of ether oxygens (including phenoxy) is 1. The molecule has 1 heterocycles. The van der Waals surface area contributed by atoms with Crippen molar-refractivity contribution in [1.29, 1.82) is 0 Å². The van der Waals surface area contributed by atoms with Crippen LogP contribution in [0, 0.1) is 0 Å². The van der Waals surface area contributed by atoms with E-state index in [9.17, 15) is 0 Å². The van der Waals surface area contributed by atoms with Gasteiger partial charge in [-0.25, -0.2) is 0 Å². The topological polar surface area (TPSA) is 34.2 Å². The van der Waals surface area contributed by atoms with Crippen molar-refractivity contribution >= 4 is 0 Å². The first-order chi connectivity index (χ1) is 10.3. The van der Waals surface area contributed by atoms with E-state index >= 15 is 0 Å². The van der Waals surface area contributed by atoms with Crippen molar-refractivity contribution in [2.24, 2.45) is 0 Å². The van der Waals surface area contributed by atoms with Crippen molar-refractivity contribution < 1.29 is 4.74 Å². The molecule has 2 rings (SSSR count). The third-order valence-electron chi connectivity index (χ3n) is 3.55. The molecule has 0 spiro atoms. The Bertz CT molecular complexity index is 528. The van der Waals surface area contributed by atoms with Crippen LogP contribution in [0.15, 0.2) is 48.8 Å². The summed E-state index contributed by atoms with van der Waals surface area (Å²) in [4.78, 5) is 4.21. The van der Waals surface area contributed by atoms with Crippen LogP contribution >= 0.6 is 0 Å². The number of pyridine rings is 1. The van der Waals surface area contributed by atoms with Crippen LogP contribution in [0.3, 0.4) is 0 Å². The number of para-hydroxylation sites is 1. The van der Waals surface area contributed by atoms with E-state index in [4.69, 9.17) is 4.74 Å². The van der Waals surface area contributed by atoms with Crippen molar-refractivity contribution in [2.45, 2.75) is 32.2 Å². The molecule has 1 aromatic carbocycles. The monoisotopic (exact) mass is 284 g/mol. The molecule has 1 atom stereocenters. The van der Waals surface area contributed by atoms with Crippen molar-refractivity contribution in [2.75, 3.05) is 13.7 Å². The summed E-state index contributed by atoms with van der Waals surface area (Å²) in [7, 11) is 1.73. The lowest BCUT2D eigenvalue weighted by Gasteiger charge is -2.20. The Hall–Kier alpha value is -1.87. The SMILES string of the molecule is CCCNC(Cc1cccnc1)Cc1ccccc1OC. The van der Waals surface area contributed by atoms with E-state index in [-0.39, 0.29) is 0 Å². The molecular weight excluding hydrogens is 260 g/mol. The van der Waals surface area contributed by atoms with Gasteiger partial charge in [0.15, 0.2) is 0 Å². The Balaban J connectivity index is 2.08. The average Bonchev–Trinajstić information content (AvgIpc) is 2.54. The van der Waals surface area contributed by atoms with Gasteiger partial charge in [-0.1, -0.05) is 31.2 Å². The highest BCUT2D eigenvalue weighted by atomic mass is 16.5. The predicted molar refractivity (Wildman–Crippen MR) is 86.7 cm³/mol. The minimum atomic E-state index is 0.394. The van der Waals surface area contributed by atoms with Crippen LogP contribution in [-0.2, 0) is 12.8 Å². The van der Waals surface area contributed by atoms with E-state index < -0.39 is 0 Å². The fourth-order valence-corrected chi connectivity index (χ4v) is 2.51. The summed E-state index contributed by atoms with van der Waals surface area (Å²) in [6.45, 7) is 3.22. The molecule has 0 aliphatic carbocycles. The van der Waals surface area contributed by atoms with E-state index in [0.717, 1.165) is 31.6 Å². The summed E-state index contributed by atoms with van der Waals surface area (Å²) in [5.74, 6) is 0.965. The third-order valence-corrected chi connectivity index (χ3v) is 3.55. The van der Waals surface area contributed by atoms with Crippen molar-refractivity contribution in [3.05, 3.63) is 59.9 Å². The zero-order chi connectivity index (χ0) is 14.9. The third kappa shape index (κ3) is 4.87. The molecule has 1 unspecified atom stereocenters. The van der Waals surface area contributed by atoms with Gasteiger partial charge in [0.2, 0.25) is 0 Å². The van der Waals surface area contributed by atoms with E-state index in [0.29, 0.717) is 6.04 Å². The van der Waals surface area contributed by atoms with Gasteiger partial charge in [-0.3, -0.25) is 4.98 Å². The molecule has 0 saturated carbocycles. The van der Waals surface area contributed by atoms with Gasteiger partial charge < -0.3 is 10.1 Å². The second-order valence-corrected chi connectivity index (χ2v) is 5.23. The highest BCUT2D eigenvalue weighted by Gasteiger charge is 2.12. The van der Waals surface area contributed by atoms with Crippen LogP contribution in [0.1, 0.15) is 24.5 Å². The van der Waals surface area contributed by atoms with Crippen LogP contribution in [0.5, 0.6) is 5.75 Å². The molecular formula is C18H24N2O. The molecule has 3 heteroatoms. The largest absolute Gasteiger partial charge is 0.496 e. The maximum atomic E-state index is 5.46. The number of nitrogens with one attached hydrogen (secondary N) is 1. The molecule has 0 saturated heterocycles. The molecule has 0 aliphatic rings. The lowest BCUT2D eigenvalue weighted by Crippen LogP contribution is -2.34. The molecule has 0 radical (unpaired) electrons. The number of rotatable bonds is 8. The van der Waals surface area contributed by atoms with Gasteiger partial charge in [0, 0.05) is 18.4 Å². The van der Waals surface area contributed by atoms with E-state index in [1.807, 2.05) is 30.6 Å². The van der Waals surface area contributed by atoms with Crippen molar-refractivity contribution in [3.8, 4) is 5.75 Å². The number of hydrogen-bond donors (Lipinski definition) is 1. The molecule has 2 aromatic rings. The number of benzene rings is 1. The Morgan fingerprint density at radius 1 is 1.14 bits per heavy atom. The summed E-state index contributed by atoms with van der Waals surface area (Å²) < 4.78 is 5.46. The van der Waals surface area contributed by atoms with Crippen LogP contribution in [0.25, 0.3) is 0 Å². The van der Waals surface area contributed by atoms with Gasteiger partial charge in [0.1, 0.15) is 5.75 Å². The molecule has 0 aliphatic heterocycles. The molecule has 0 fully saturated rings. The van der Waals surface area contributed by atoms with E-state index in [1.165, 1.54) is 11.1 Å². The highest BCUT2D eigenvalue weighted by molar-refractivity contribution is 5.34. The second kappa shape index (κ2) is 8.42. The maximum absolute atomic E-state index is 5.46. The lowest BCUT2D eigenvalue weighted by atomic mass is 9.99. The molecule has 112 valence electrons. The van der Waals surface area contributed by atoms with Crippen molar-refractivity contribution in [3.63, 3.8) is 0 Å². The molecule has 21 heavy (non-hydrogen) atoms. The maximum Gasteiger partial charge on any atom is 0.122 e. The number of hydrogen-bond acceptors (Lipinski definition) is 3. The molecule has 1 aromatic heterocycles.